The maximum absolute atomic E-state index is 12.7. The average molecular weight is 370 g/mol. The van der Waals surface area contributed by atoms with Crippen LogP contribution in [0, 0.1) is 0 Å². The lowest BCUT2D eigenvalue weighted by molar-refractivity contribution is 0.0555. The van der Waals surface area contributed by atoms with Gasteiger partial charge >= 0.3 is 11.9 Å². The molecule has 0 N–H and O–H groups in total. The summed E-state index contributed by atoms with van der Waals surface area (Å²) < 4.78 is 15.5. The molecule has 0 unspecified atom stereocenters. The van der Waals surface area contributed by atoms with E-state index in [0.29, 0.717) is 11.3 Å². The summed E-state index contributed by atoms with van der Waals surface area (Å²) in [5.41, 5.74) is 1.97. The second kappa shape index (κ2) is 9.21. The van der Waals surface area contributed by atoms with E-state index in [2.05, 4.69) is 6.92 Å². The van der Waals surface area contributed by atoms with Gasteiger partial charge in [-0.2, -0.15) is 0 Å². The molecule has 2 aromatic rings. The highest BCUT2D eigenvalue weighted by molar-refractivity contribution is 6.13. The number of carbonyl (C=O) groups excluding carboxylic acids is 2. The molecule has 27 heavy (non-hydrogen) atoms. The number of hydrogen-bond acceptors (Lipinski definition) is 5. The molecule has 2 rings (SSSR count). The van der Waals surface area contributed by atoms with E-state index >= 15 is 0 Å². The minimum absolute atomic E-state index is 0.191. The van der Waals surface area contributed by atoms with Gasteiger partial charge in [-0.3, -0.25) is 0 Å². The van der Waals surface area contributed by atoms with Gasteiger partial charge in [-0.05, 0) is 42.2 Å². The van der Waals surface area contributed by atoms with Crippen molar-refractivity contribution in [3.8, 4) is 0 Å². The van der Waals surface area contributed by atoms with Crippen molar-refractivity contribution in [2.24, 2.45) is 0 Å². The van der Waals surface area contributed by atoms with Gasteiger partial charge in [0, 0.05) is 5.56 Å². The SMILES string of the molecule is CCCC/C(=C(\C)OC)c1c(C(=O)OC)c(C(=O)OC)cc2ccccc12. The normalized spacial score (nSPS) is 11.7. The van der Waals surface area contributed by atoms with Crippen molar-refractivity contribution >= 4 is 28.3 Å². The van der Waals surface area contributed by atoms with Crippen LogP contribution in [-0.2, 0) is 14.2 Å². The molecule has 0 aliphatic heterocycles. The van der Waals surface area contributed by atoms with Crippen LogP contribution in [0.1, 0.15) is 59.4 Å². The monoisotopic (exact) mass is 370 g/mol. The van der Waals surface area contributed by atoms with Crippen molar-refractivity contribution in [1.82, 2.24) is 0 Å². The Morgan fingerprint density at radius 1 is 0.926 bits per heavy atom. The van der Waals surface area contributed by atoms with Crippen LogP contribution in [0.4, 0.5) is 0 Å². The predicted molar refractivity (Wildman–Crippen MR) is 106 cm³/mol. The van der Waals surface area contributed by atoms with Gasteiger partial charge in [0.1, 0.15) is 0 Å². The maximum Gasteiger partial charge on any atom is 0.339 e. The first-order valence-corrected chi connectivity index (χ1v) is 8.96. The number of methoxy groups -OCH3 is 3. The topological polar surface area (TPSA) is 61.8 Å². The van der Waals surface area contributed by atoms with Crippen LogP contribution in [0.25, 0.3) is 16.3 Å². The van der Waals surface area contributed by atoms with Crippen LogP contribution >= 0.6 is 0 Å². The highest BCUT2D eigenvalue weighted by Crippen LogP contribution is 2.36. The highest BCUT2D eigenvalue weighted by Gasteiger charge is 2.27. The number of unbranched alkanes of at least 4 members (excludes halogenated alkanes) is 1. The third kappa shape index (κ3) is 4.13. The summed E-state index contributed by atoms with van der Waals surface area (Å²) in [6, 6.07) is 9.32. The highest BCUT2D eigenvalue weighted by atomic mass is 16.5. The van der Waals surface area contributed by atoms with E-state index in [0.717, 1.165) is 35.6 Å². The molecule has 144 valence electrons. The molecule has 0 bridgehead atoms. The molecule has 0 radical (unpaired) electrons. The Kier molecular flexibility index (Phi) is 6.99. The van der Waals surface area contributed by atoms with E-state index in [1.54, 1.807) is 13.2 Å². The Bertz CT molecular complexity index is 880. The fraction of sp³-hybridized carbons (Fsp3) is 0.364. The van der Waals surface area contributed by atoms with Crippen molar-refractivity contribution in [2.75, 3.05) is 21.3 Å². The standard InChI is InChI=1S/C22H26O5/c1-6-7-11-16(14(2)25-3)19-17-12-9-8-10-15(17)13-18(21(23)26-4)20(19)22(24)27-5/h8-10,12-13H,6-7,11H2,1-5H3/b16-14-. The van der Waals surface area contributed by atoms with Gasteiger partial charge in [0.2, 0.25) is 0 Å². The van der Waals surface area contributed by atoms with Gasteiger partial charge in [-0.1, -0.05) is 37.6 Å². The summed E-state index contributed by atoms with van der Waals surface area (Å²) >= 11 is 0. The van der Waals surface area contributed by atoms with Gasteiger partial charge < -0.3 is 14.2 Å². The Morgan fingerprint density at radius 3 is 2.19 bits per heavy atom. The number of fused-ring (bicyclic) bond motifs is 1. The lowest BCUT2D eigenvalue weighted by atomic mass is 9.87. The maximum atomic E-state index is 12.7. The number of rotatable bonds is 7. The Morgan fingerprint density at radius 2 is 1.59 bits per heavy atom. The molecular formula is C22H26O5. The van der Waals surface area contributed by atoms with Gasteiger partial charge in [-0.15, -0.1) is 0 Å². The number of allylic oxidation sites excluding steroid dienone is 2. The van der Waals surface area contributed by atoms with E-state index in [1.165, 1.54) is 14.2 Å². The van der Waals surface area contributed by atoms with Crippen molar-refractivity contribution < 1.29 is 23.8 Å². The van der Waals surface area contributed by atoms with Gasteiger partial charge in [-0.25, -0.2) is 9.59 Å². The number of hydrogen-bond donors (Lipinski definition) is 0. The van der Waals surface area contributed by atoms with Crippen molar-refractivity contribution in [3.63, 3.8) is 0 Å². The van der Waals surface area contributed by atoms with Gasteiger partial charge in [0.25, 0.3) is 0 Å². The minimum atomic E-state index is -0.577. The lowest BCUT2D eigenvalue weighted by Gasteiger charge is -2.19. The first-order valence-electron chi connectivity index (χ1n) is 8.96. The molecule has 0 heterocycles. The first-order chi connectivity index (χ1) is 13.0. The second-order valence-corrected chi connectivity index (χ2v) is 6.22. The molecule has 0 fully saturated rings. The molecule has 5 heteroatoms. The fourth-order valence-corrected chi connectivity index (χ4v) is 3.20. The quantitative estimate of drug-likeness (QED) is 0.508. The Hall–Kier alpha value is -2.82. The summed E-state index contributed by atoms with van der Waals surface area (Å²) in [6.45, 7) is 3.97. The zero-order valence-electron chi connectivity index (χ0n) is 16.5. The minimum Gasteiger partial charge on any atom is -0.501 e. The number of ether oxygens (including phenoxy) is 3. The fourth-order valence-electron chi connectivity index (χ4n) is 3.20. The largest absolute Gasteiger partial charge is 0.501 e. The van der Waals surface area contributed by atoms with E-state index in [-0.39, 0.29) is 11.1 Å². The third-order valence-corrected chi connectivity index (χ3v) is 4.66. The summed E-state index contributed by atoms with van der Waals surface area (Å²) in [4.78, 5) is 25.2. The number of benzene rings is 2. The molecule has 0 atom stereocenters. The molecule has 0 spiro atoms. The number of esters is 2. The van der Waals surface area contributed by atoms with E-state index in [9.17, 15) is 9.59 Å². The molecule has 0 aliphatic rings. The first kappa shape index (κ1) is 20.5. The molecular weight excluding hydrogens is 344 g/mol. The van der Waals surface area contributed by atoms with Crippen molar-refractivity contribution in [1.29, 1.82) is 0 Å². The zero-order chi connectivity index (χ0) is 20.0. The molecule has 0 amide bonds. The third-order valence-electron chi connectivity index (χ3n) is 4.66. The molecule has 0 aromatic heterocycles. The molecule has 0 aliphatic carbocycles. The molecule has 2 aromatic carbocycles. The van der Waals surface area contributed by atoms with E-state index in [1.807, 2.05) is 31.2 Å². The Balaban J connectivity index is 3.00. The lowest BCUT2D eigenvalue weighted by Crippen LogP contribution is -2.15. The van der Waals surface area contributed by atoms with Crippen molar-refractivity contribution in [3.05, 3.63) is 52.8 Å². The summed E-state index contributed by atoms with van der Waals surface area (Å²) in [7, 11) is 4.21. The summed E-state index contributed by atoms with van der Waals surface area (Å²) in [6.07, 6.45) is 2.63. The van der Waals surface area contributed by atoms with Crippen LogP contribution in [0.3, 0.4) is 0 Å². The van der Waals surface area contributed by atoms with Crippen LogP contribution in [0.5, 0.6) is 0 Å². The van der Waals surface area contributed by atoms with Gasteiger partial charge in [0.05, 0.1) is 38.2 Å². The molecule has 5 nitrogen and oxygen atoms in total. The Labute approximate surface area is 159 Å². The van der Waals surface area contributed by atoms with Crippen molar-refractivity contribution in [2.45, 2.75) is 33.1 Å². The second-order valence-electron chi connectivity index (χ2n) is 6.22. The molecule has 0 saturated heterocycles. The van der Waals surface area contributed by atoms with Crippen LogP contribution in [0.15, 0.2) is 36.1 Å². The van der Waals surface area contributed by atoms with Crippen LogP contribution < -0.4 is 0 Å². The summed E-state index contributed by atoms with van der Waals surface area (Å²) in [5.74, 6) is -0.442. The summed E-state index contributed by atoms with van der Waals surface area (Å²) in [5, 5.41) is 1.71. The zero-order valence-corrected chi connectivity index (χ0v) is 16.5. The molecule has 0 saturated carbocycles. The predicted octanol–water partition coefficient (Wildman–Crippen LogP) is 4.98. The van der Waals surface area contributed by atoms with E-state index < -0.39 is 11.9 Å². The average Bonchev–Trinajstić information content (AvgIpc) is 2.71. The van der Waals surface area contributed by atoms with Gasteiger partial charge in [0.15, 0.2) is 0 Å². The van der Waals surface area contributed by atoms with E-state index in [4.69, 9.17) is 14.2 Å². The van der Waals surface area contributed by atoms with Crippen LogP contribution in [-0.4, -0.2) is 33.3 Å². The smallest absolute Gasteiger partial charge is 0.339 e. The van der Waals surface area contributed by atoms with Crippen LogP contribution in [0.2, 0.25) is 0 Å². The number of carbonyl (C=O) groups is 2.